The van der Waals surface area contributed by atoms with Gasteiger partial charge < -0.3 is 10.1 Å². The van der Waals surface area contributed by atoms with Crippen LogP contribution in [-0.2, 0) is 4.79 Å². The van der Waals surface area contributed by atoms with E-state index in [2.05, 4.69) is 20.5 Å². The summed E-state index contributed by atoms with van der Waals surface area (Å²) in [5.41, 5.74) is 1.81. The molecule has 2 heterocycles. The van der Waals surface area contributed by atoms with Gasteiger partial charge in [-0.05, 0) is 56.2 Å². The van der Waals surface area contributed by atoms with Crippen molar-refractivity contribution in [3.8, 4) is 22.8 Å². The quantitative estimate of drug-likeness (QED) is 0.556. The number of thioether (sulfide) groups is 1. The Labute approximate surface area is 186 Å². The zero-order chi connectivity index (χ0) is 21.6. The van der Waals surface area contributed by atoms with Gasteiger partial charge in [0.1, 0.15) is 5.75 Å². The van der Waals surface area contributed by atoms with E-state index < -0.39 is 0 Å². The second-order valence-corrected chi connectivity index (χ2v) is 8.99. The van der Waals surface area contributed by atoms with Gasteiger partial charge in [0.2, 0.25) is 5.91 Å². The van der Waals surface area contributed by atoms with Gasteiger partial charge in [0, 0.05) is 29.7 Å². The molecule has 0 bridgehead atoms. The van der Waals surface area contributed by atoms with E-state index in [0.717, 1.165) is 29.8 Å². The highest BCUT2D eigenvalue weighted by atomic mass is 32.2. The van der Waals surface area contributed by atoms with Gasteiger partial charge in [-0.15, -0.1) is 10.2 Å². The van der Waals surface area contributed by atoms with Gasteiger partial charge >= 0.3 is 0 Å². The van der Waals surface area contributed by atoms with E-state index in [4.69, 9.17) is 4.74 Å². The monoisotopic (exact) mass is 437 g/mol. The van der Waals surface area contributed by atoms with Crippen LogP contribution in [0.25, 0.3) is 17.1 Å². The third kappa shape index (κ3) is 5.07. The van der Waals surface area contributed by atoms with Crippen molar-refractivity contribution < 1.29 is 9.53 Å². The first-order valence-corrected chi connectivity index (χ1v) is 11.5. The van der Waals surface area contributed by atoms with Crippen LogP contribution in [0, 0.1) is 0 Å². The van der Waals surface area contributed by atoms with Crippen molar-refractivity contribution in [1.29, 1.82) is 0 Å². The fourth-order valence-corrected chi connectivity index (χ4v) is 4.65. The number of hydrogen-bond donors (Lipinski definition) is 1. The molecule has 2 aromatic heterocycles. The van der Waals surface area contributed by atoms with E-state index in [1.165, 1.54) is 31.0 Å². The van der Waals surface area contributed by atoms with Crippen molar-refractivity contribution >= 4 is 17.7 Å². The Balaban J connectivity index is 1.60. The predicted molar refractivity (Wildman–Crippen MR) is 121 cm³/mol. The molecule has 31 heavy (non-hydrogen) atoms. The predicted octanol–water partition coefficient (Wildman–Crippen LogP) is 4.27. The third-order valence-electron chi connectivity index (χ3n) is 5.51. The van der Waals surface area contributed by atoms with Gasteiger partial charge in [-0.1, -0.05) is 31.0 Å². The lowest BCUT2D eigenvalue weighted by Crippen LogP contribution is -2.40. The summed E-state index contributed by atoms with van der Waals surface area (Å²) in [6.45, 7) is 1.92. The summed E-state index contributed by atoms with van der Waals surface area (Å²) in [6, 6.07) is 11.8. The van der Waals surface area contributed by atoms with Gasteiger partial charge in [-0.2, -0.15) is 0 Å². The van der Waals surface area contributed by atoms with Crippen LogP contribution in [0.3, 0.4) is 0 Å². The number of nitrogens with one attached hydrogen (secondary N) is 1. The summed E-state index contributed by atoms with van der Waals surface area (Å²) in [4.78, 5) is 16.9. The van der Waals surface area contributed by atoms with Crippen LogP contribution in [0.1, 0.15) is 39.0 Å². The van der Waals surface area contributed by atoms with E-state index in [9.17, 15) is 4.79 Å². The van der Waals surface area contributed by atoms with Crippen LogP contribution in [0.15, 0.2) is 53.9 Å². The molecule has 0 saturated heterocycles. The Kier molecular flexibility index (Phi) is 6.86. The van der Waals surface area contributed by atoms with Crippen LogP contribution in [0.4, 0.5) is 0 Å². The molecule has 1 amide bonds. The van der Waals surface area contributed by atoms with Crippen LogP contribution >= 0.6 is 11.8 Å². The number of methoxy groups -OCH3 is 1. The van der Waals surface area contributed by atoms with Crippen LogP contribution < -0.4 is 10.1 Å². The second kappa shape index (κ2) is 9.96. The topological polar surface area (TPSA) is 81.9 Å². The van der Waals surface area contributed by atoms with Crippen molar-refractivity contribution in [3.63, 3.8) is 0 Å². The van der Waals surface area contributed by atoms with Crippen molar-refractivity contribution in [2.45, 2.75) is 55.5 Å². The Morgan fingerprint density at radius 2 is 1.81 bits per heavy atom. The summed E-state index contributed by atoms with van der Waals surface area (Å²) in [6.07, 6.45) is 9.24. The molecule has 0 spiro atoms. The first-order valence-electron chi connectivity index (χ1n) is 10.6. The Bertz CT molecular complexity index is 1000. The summed E-state index contributed by atoms with van der Waals surface area (Å²) >= 11 is 1.42. The van der Waals surface area contributed by atoms with E-state index in [-0.39, 0.29) is 17.2 Å². The SMILES string of the molecule is COc1ccc(-n2c(SC(C)C(=O)NC3CCCCC3)nnc2-c2ccncc2)cc1. The lowest BCUT2D eigenvalue weighted by molar-refractivity contribution is -0.121. The van der Waals surface area contributed by atoms with Crippen LogP contribution in [-0.4, -0.2) is 44.1 Å². The molecule has 3 aromatic rings. The summed E-state index contributed by atoms with van der Waals surface area (Å²) in [7, 11) is 1.64. The number of benzene rings is 1. The zero-order valence-corrected chi connectivity index (χ0v) is 18.6. The highest BCUT2D eigenvalue weighted by Crippen LogP contribution is 2.31. The Hall–Kier alpha value is -2.87. The van der Waals surface area contributed by atoms with Crippen LogP contribution in [0.2, 0.25) is 0 Å². The standard InChI is InChI=1S/C23H27N5O2S/c1-16(22(29)25-18-6-4-3-5-7-18)31-23-27-26-21(17-12-14-24-15-13-17)28(23)19-8-10-20(30-2)11-9-19/h8-16,18H,3-7H2,1-2H3,(H,25,29). The molecular formula is C23H27N5O2S. The van der Waals surface area contributed by atoms with E-state index in [1.807, 2.05) is 47.9 Å². The van der Waals surface area contributed by atoms with E-state index in [0.29, 0.717) is 11.0 Å². The molecule has 0 radical (unpaired) electrons. The molecule has 1 fully saturated rings. The highest BCUT2D eigenvalue weighted by molar-refractivity contribution is 8.00. The molecule has 7 nitrogen and oxygen atoms in total. The number of aromatic nitrogens is 4. The molecule has 1 aliphatic rings. The first kappa shape index (κ1) is 21.4. The van der Waals surface area contributed by atoms with Gasteiger partial charge in [0.15, 0.2) is 11.0 Å². The molecule has 4 rings (SSSR count). The van der Waals surface area contributed by atoms with Crippen molar-refractivity contribution in [3.05, 3.63) is 48.8 Å². The first-order chi connectivity index (χ1) is 15.2. The molecular weight excluding hydrogens is 410 g/mol. The average molecular weight is 438 g/mol. The van der Waals surface area contributed by atoms with Gasteiger partial charge in [0.05, 0.1) is 12.4 Å². The summed E-state index contributed by atoms with van der Waals surface area (Å²) < 4.78 is 7.27. The van der Waals surface area contributed by atoms with Crippen molar-refractivity contribution in [2.24, 2.45) is 0 Å². The summed E-state index contributed by atoms with van der Waals surface area (Å²) in [5.74, 6) is 1.53. The van der Waals surface area contributed by atoms with E-state index in [1.54, 1.807) is 19.5 Å². The number of hydrogen-bond acceptors (Lipinski definition) is 6. The molecule has 1 N–H and O–H groups in total. The van der Waals surface area contributed by atoms with Gasteiger partial charge in [-0.25, -0.2) is 0 Å². The summed E-state index contributed by atoms with van der Waals surface area (Å²) in [5, 5.41) is 12.5. The van der Waals surface area contributed by atoms with Crippen molar-refractivity contribution in [1.82, 2.24) is 25.1 Å². The van der Waals surface area contributed by atoms with Gasteiger partial charge in [0.25, 0.3) is 0 Å². The molecule has 1 aromatic carbocycles. The number of nitrogens with zero attached hydrogens (tertiary/aromatic N) is 4. The van der Waals surface area contributed by atoms with Gasteiger partial charge in [-0.3, -0.25) is 14.3 Å². The maximum atomic E-state index is 12.8. The number of carbonyl (C=O) groups is 1. The zero-order valence-electron chi connectivity index (χ0n) is 17.8. The maximum absolute atomic E-state index is 12.8. The molecule has 0 aliphatic heterocycles. The second-order valence-electron chi connectivity index (χ2n) is 7.68. The molecule has 8 heteroatoms. The number of carbonyl (C=O) groups excluding carboxylic acids is 1. The molecule has 1 aliphatic carbocycles. The minimum absolute atomic E-state index is 0.0478. The normalized spacial score (nSPS) is 15.4. The third-order valence-corrected chi connectivity index (χ3v) is 6.55. The molecule has 1 unspecified atom stereocenters. The maximum Gasteiger partial charge on any atom is 0.233 e. The smallest absolute Gasteiger partial charge is 0.233 e. The molecule has 162 valence electrons. The highest BCUT2D eigenvalue weighted by Gasteiger charge is 2.24. The fourth-order valence-electron chi connectivity index (χ4n) is 3.78. The lowest BCUT2D eigenvalue weighted by atomic mass is 9.95. The largest absolute Gasteiger partial charge is 0.497 e. The number of ether oxygens (including phenoxy) is 1. The minimum Gasteiger partial charge on any atom is -0.497 e. The number of pyridine rings is 1. The Morgan fingerprint density at radius 3 is 2.48 bits per heavy atom. The lowest BCUT2D eigenvalue weighted by Gasteiger charge is -2.24. The molecule has 1 saturated carbocycles. The van der Waals surface area contributed by atoms with Crippen molar-refractivity contribution in [2.75, 3.05) is 7.11 Å². The minimum atomic E-state index is -0.284. The average Bonchev–Trinajstić information content (AvgIpc) is 3.23. The van der Waals surface area contributed by atoms with Crippen LogP contribution in [0.5, 0.6) is 5.75 Å². The Morgan fingerprint density at radius 1 is 1.10 bits per heavy atom. The molecule has 1 atom stereocenters. The van der Waals surface area contributed by atoms with E-state index >= 15 is 0 Å². The number of amides is 1. The number of rotatable bonds is 7. The fraction of sp³-hybridized carbons (Fsp3) is 0.391.